The Kier molecular flexibility index (Phi) is 3.28. The summed E-state index contributed by atoms with van der Waals surface area (Å²) < 4.78 is 17.2. The number of carbonyl (C=O) groups is 2. The summed E-state index contributed by atoms with van der Waals surface area (Å²) in [6, 6.07) is 0. The van der Waals surface area contributed by atoms with E-state index in [0.717, 1.165) is 0 Å². The monoisotopic (exact) mass is 398 g/mol. The second-order valence-corrected chi connectivity index (χ2v) is 9.83. The van der Waals surface area contributed by atoms with E-state index >= 15 is 0 Å². The lowest BCUT2D eigenvalue weighted by Gasteiger charge is -2.58. The van der Waals surface area contributed by atoms with Crippen LogP contribution >= 0.6 is 0 Å². The molecule has 9 heteroatoms. The maximum absolute atomic E-state index is 12.8. The number of ether oxygens (including phenoxy) is 3. The van der Waals surface area contributed by atoms with Crippen LogP contribution in [0, 0.1) is 23.2 Å². The minimum absolute atomic E-state index is 0.0169. The van der Waals surface area contributed by atoms with Gasteiger partial charge in [-0.05, 0) is 20.8 Å². The Balaban J connectivity index is 1.70. The van der Waals surface area contributed by atoms with Crippen LogP contribution in [0.3, 0.4) is 0 Å². The Bertz CT molecular complexity index is 779. The molecule has 5 rings (SSSR count). The Morgan fingerprint density at radius 3 is 2.29 bits per heavy atom. The van der Waals surface area contributed by atoms with Crippen molar-refractivity contribution in [1.82, 2.24) is 0 Å². The van der Waals surface area contributed by atoms with E-state index in [1.807, 2.05) is 0 Å². The number of hydrogen-bond acceptors (Lipinski definition) is 9. The zero-order chi connectivity index (χ0) is 20.6. The summed E-state index contributed by atoms with van der Waals surface area (Å²) in [6.45, 7) is 6.36. The van der Waals surface area contributed by atoms with Crippen LogP contribution in [-0.2, 0) is 23.8 Å². The highest BCUT2D eigenvalue weighted by molar-refractivity contribution is 5.80. The van der Waals surface area contributed by atoms with E-state index < -0.39 is 82.4 Å². The predicted octanol–water partition coefficient (Wildman–Crippen LogP) is -1.51. The van der Waals surface area contributed by atoms with E-state index in [9.17, 15) is 30.0 Å². The zero-order valence-corrected chi connectivity index (χ0v) is 16.2. The fourth-order valence-corrected chi connectivity index (χ4v) is 7.06. The van der Waals surface area contributed by atoms with E-state index in [1.165, 1.54) is 6.92 Å². The first-order chi connectivity index (χ1) is 12.8. The summed E-state index contributed by atoms with van der Waals surface area (Å²) in [5.74, 6) is -4.18. The van der Waals surface area contributed by atoms with Gasteiger partial charge in [0.05, 0.1) is 35.6 Å². The number of esters is 2. The van der Waals surface area contributed by atoms with Gasteiger partial charge >= 0.3 is 11.9 Å². The third-order valence-electron chi connectivity index (χ3n) is 8.39. The van der Waals surface area contributed by atoms with Crippen molar-refractivity contribution in [2.45, 2.75) is 81.4 Å². The quantitative estimate of drug-likeness (QED) is 0.388. The molecule has 0 radical (unpaired) electrons. The van der Waals surface area contributed by atoms with Crippen molar-refractivity contribution >= 4 is 11.9 Å². The van der Waals surface area contributed by atoms with E-state index in [0.29, 0.717) is 0 Å². The van der Waals surface area contributed by atoms with Crippen LogP contribution in [0.4, 0.5) is 0 Å². The van der Waals surface area contributed by atoms with Crippen molar-refractivity contribution in [3.8, 4) is 0 Å². The number of fused-ring (bicyclic) bond motifs is 2. The van der Waals surface area contributed by atoms with Crippen LogP contribution in [0.1, 0.15) is 34.1 Å². The maximum atomic E-state index is 12.8. The minimum Gasteiger partial charge on any atom is -0.459 e. The highest BCUT2D eigenvalue weighted by atomic mass is 16.6. The Morgan fingerprint density at radius 2 is 1.71 bits per heavy atom. The summed E-state index contributed by atoms with van der Waals surface area (Å²) in [5.41, 5.74) is -5.98. The first kappa shape index (κ1) is 18.7. The molecule has 4 N–H and O–H groups in total. The van der Waals surface area contributed by atoms with E-state index in [-0.39, 0.29) is 6.42 Å². The number of cyclic esters (lactones) is 1. The van der Waals surface area contributed by atoms with Crippen LogP contribution in [0.2, 0.25) is 0 Å². The van der Waals surface area contributed by atoms with E-state index in [4.69, 9.17) is 14.2 Å². The Morgan fingerprint density at radius 1 is 1.07 bits per heavy atom. The molecule has 11 unspecified atom stereocenters. The molecule has 28 heavy (non-hydrogen) atoms. The third-order valence-corrected chi connectivity index (χ3v) is 8.39. The molecule has 0 aromatic heterocycles. The molecule has 0 aromatic carbocycles. The minimum atomic E-state index is -2.01. The lowest BCUT2D eigenvalue weighted by Crippen LogP contribution is -2.75. The molecule has 2 bridgehead atoms. The van der Waals surface area contributed by atoms with Gasteiger partial charge in [-0.15, -0.1) is 0 Å². The second kappa shape index (κ2) is 4.89. The van der Waals surface area contributed by atoms with Crippen LogP contribution in [0.25, 0.3) is 0 Å². The molecule has 11 atom stereocenters. The second-order valence-electron chi connectivity index (χ2n) is 9.83. The number of carbonyl (C=O) groups excluding carboxylic acids is 2. The number of hydrogen-bond donors (Lipinski definition) is 4. The molecule has 2 saturated carbocycles. The SMILES string of the molecule is CC(O)C1CC2(OC1=O)C1OC3C(O)C4C(C(=O)OC4(C)C)C(O)(C1O)C32C. The Labute approximate surface area is 161 Å². The van der Waals surface area contributed by atoms with E-state index in [2.05, 4.69) is 0 Å². The first-order valence-corrected chi connectivity index (χ1v) is 9.72. The van der Waals surface area contributed by atoms with Gasteiger partial charge in [-0.25, -0.2) is 0 Å². The van der Waals surface area contributed by atoms with Gasteiger partial charge in [0.15, 0.2) is 5.60 Å². The van der Waals surface area contributed by atoms with Gasteiger partial charge in [0, 0.05) is 12.3 Å². The summed E-state index contributed by atoms with van der Waals surface area (Å²) >= 11 is 0. The summed E-state index contributed by atoms with van der Waals surface area (Å²) in [6.07, 6.45) is -5.75. The Hall–Kier alpha value is -1.26. The molecule has 9 nitrogen and oxygen atoms in total. The highest BCUT2D eigenvalue weighted by Crippen LogP contribution is 2.74. The fourth-order valence-electron chi connectivity index (χ4n) is 7.06. The summed E-state index contributed by atoms with van der Waals surface area (Å²) in [5, 5.41) is 44.1. The van der Waals surface area contributed by atoms with Crippen LogP contribution in [0.15, 0.2) is 0 Å². The molecule has 0 amide bonds. The van der Waals surface area contributed by atoms with Gasteiger partial charge in [-0.2, -0.15) is 0 Å². The van der Waals surface area contributed by atoms with Gasteiger partial charge in [0.1, 0.15) is 23.4 Å². The molecule has 3 heterocycles. The van der Waals surface area contributed by atoms with Gasteiger partial charge in [-0.3, -0.25) is 9.59 Å². The number of aliphatic hydroxyl groups excluding tert-OH is 3. The largest absolute Gasteiger partial charge is 0.459 e. The van der Waals surface area contributed by atoms with Crippen LogP contribution in [0.5, 0.6) is 0 Å². The normalized spacial score (nSPS) is 59.4. The average Bonchev–Trinajstić information content (AvgIpc) is 3.17. The summed E-state index contributed by atoms with van der Waals surface area (Å²) in [7, 11) is 0. The van der Waals surface area contributed by atoms with Crippen molar-refractivity contribution in [2.24, 2.45) is 23.2 Å². The van der Waals surface area contributed by atoms with Gasteiger partial charge in [-0.1, -0.05) is 6.92 Å². The average molecular weight is 398 g/mol. The third kappa shape index (κ3) is 1.59. The van der Waals surface area contributed by atoms with Crippen molar-refractivity contribution < 1.29 is 44.2 Å². The van der Waals surface area contributed by atoms with Crippen molar-refractivity contribution in [2.75, 3.05) is 0 Å². The lowest BCUT2D eigenvalue weighted by atomic mass is 9.50. The van der Waals surface area contributed by atoms with Crippen LogP contribution in [-0.4, -0.2) is 79.7 Å². The van der Waals surface area contributed by atoms with Gasteiger partial charge < -0.3 is 34.6 Å². The molecule has 3 aliphatic heterocycles. The molecule has 5 aliphatic rings. The zero-order valence-electron chi connectivity index (χ0n) is 16.2. The van der Waals surface area contributed by atoms with Crippen molar-refractivity contribution in [3.63, 3.8) is 0 Å². The lowest BCUT2D eigenvalue weighted by molar-refractivity contribution is -0.297. The smallest absolute Gasteiger partial charge is 0.313 e. The topological polar surface area (TPSA) is 143 Å². The molecule has 0 aromatic rings. The standard InChI is InChI=1S/C19H26O9/c1-6(20)7-5-18(28-14(7)23)13-11(22)19(25)9-8(16(2,3)27-15(9)24)10(21)12(26-13)17(18,19)4/h6-13,20-22,25H,5H2,1-4H3. The van der Waals surface area contributed by atoms with Gasteiger partial charge in [0.25, 0.3) is 0 Å². The number of rotatable bonds is 1. The number of aliphatic hydroxyl groups is 4. The molecule has 3 saturated heterocycles. The molecular weight excluding hydrogens is 372 g/mol. The predicted molar refractivity (Wildman–Crippen MR) is 89.5 cm³/mol. The maximum Gasteiger partial charge on any atom is 0.313 e. The summed E-state index contributed by atoms with van der Waals surface area (Å²) in [4.78, 5) is 25.3. The fraction of sp³-hybridized carbons (Fsp3) is 0.895. The molecule has 5 fully saturated rings. The van der Waals surface area contributed by atoms with Gasteiger partial charge in [0.2, 0.25) is 0 Å². The molecular formula is C19H26O9. The molecule has 1 spiro atoms. The van der Waals surface area contributed by atoms with Crippen LogP contribution < -0.4 is 0 Å². The first-order valence-electron chi connectivity index (χ1n) is 9.72. The molecule has 2 aliphatic carbocycles. The highest BCUT2D eigenvalue weighted by Gasteiger charge is 2.92. The van der Waals surface area contributed by atoms with Crippen molar-refractivity contribution in [1.29, 1.82) is 0 Å². The van der Waals surface area contributed by atoms with E-state index in [1.54, 1.807) is 20.8 Å². The van der Waals surface area contributed by atoms with Crippen molar-refractivity contribution in [3.05, 3.63) is 0 Å². The molecule has 156 valence electrons.